The summed E-state index contributed by atoms with van der Waals surface area (Å²) in [5, 5.41) is 11.9. The third-order valence-electron chi connectivity index (χ3n) is 3.61. The Morgan fingerprint density at radius 1 is 1.14 bits per heavy atom. The zero-order valence-corrected chi connectivity index (χ0v) is 12.6. The molecule has 22 heavy (non-hydrogen) atoms. The maximum Gasteiger partial charge on any atom is 0.335 e. The Hall–Kier alpha value is -2.41. The molecule has 1 aliphatic rings. The molecule has 0 radical (unpaired) electrons. The van der Waals surface area contributed by atoms with Crippen molar-refractivity contribution in [2.45, 2.75) is 0 Å². The number of aromatic nitrogens is 1. The molecule has 1 aliphatic heterocycles. The number of hydrogen-bond donors (Lipinski definition) is 1. The van der Waals surface area contributed by atoms with Crippen LogP contribution in [0.1, 0.15) is 20.7 Å². The van der Waals surface area contributed by atoms with Gasteiger partial charge in [-0.2, -0.15) is 0 Å². The molecule has 0 aliphatic carbocycles. The van der Waals surface area contributed by atoms with Crippen molar-refractivity contribution in [1.29, 1.82) is 0 Å². The maximum absolute atomic E-state index is 12.5. The molecular formula is C15H15N3O3S. The van der Waals surface area contributed by atoms with Crippen LogP contribution in [0.25, 0.3) is 0 Å². The van der Waals surface area contributed by atoms with Crippen LogP contribution in [0.3, 0.4) is 0 Å². The summed E-state index contributed by atoms with van der Waals surface area (Å²) in [4.78, 5) is 31.6. The summed E-state index contributed by atoms with van der Waals surface area (Å²) in [6.45, 7) is 2.68. The van der Waals surface area contributed by atoms with E-state index in [2.05, 4.69) is 9.88 Å². The van der Waals surface area contributed by atoms with Gasteiger partial charge in [-0.1, -0.05) is 6.07 Å². The van der Waals surface area contributed by atoms with E-state index in [1.165, 1.54) is 12.1 Å². The second-order valence-electron chi connectivity index (χ2n) is 4.98. The first-order chi connectivity index (χ1) is 10.6. The Balaban J connectivity index is 1.67. The lowest BCUT2D eigenvalue weighted by atomic mass is 10.1. The van der Waals surface area contributed by atoms with Crippen molar-refractivity contribution in [3.05, 3.63) is 47.0 Å². The van der Waals surface area contributed by atoms with Crippen LogP contribution in [0.5, 0.6) is 0 Å². The quantitative estimate of drug-likeness (QED) is 0.934. The van der Waals surface area contributed by atoms with Gasteiger partial charge in [0, 0.05) is 43.3 Å². The molecule has 1 aromatic carbocycles. The number of thiazole rings is 1. The second-order valence-corrected chi connectivity index (χ2v) is 5.85. The van der Waals surface area contributed by atoms with Crippen LogP contribution in [0.2, 0.25) is 0 Å². The molecule has 2 aromatic rings. The molecule has 0 saturated carbocycles. The molecule has 7 heteroatoms. The number of carboxylic acid groups (broad SMARTS) is 1. The molecule has 0 bridgehead atoms. The zero-order chi connectivity index (χ0) is 15.5. The highest BCUT2D eigenvalue weighted by Gasteiger charge is 2.23. The molecule has 1 aromatic heterocycles. The number of carbonyl (C=O) groups is 2. The molecule has 114 valence electrons. The lowest BCUT2D eigenvalue weighted by molar-refractivity contribution is 0.0697. The molecule has 0 atom stereocenters. The first kappa shape index (κ1) is 14.5. The fraction of sp³-hybridized carbons (Fsp3) is 0.267. The molecule has 3 rings (SSSR count). The number of carboxylic acids is 1. The van der Waals surface area contributed by atoms with Gasteiger partial charge in [0.1, 0.15) is 0 Å². The van der Waals surface area contributed by atoms with Crippen LogP contribution in [0.15, 0.2) is 35.8 Å². The van der Waals surface area contributed by atoms with Crippen molar-refractivity contribution >= 4 is 28.3 Å². The lowest BCUT2D eigenvalue weighted by Gasteiger charge is -2.34. The number of piperazine rings is 1. The summed E-state index contributed by atoms with van der Waals surface area (Å²) in [6.07, 6.45) is 1.77. The van der Waals surface area contributed by atoms with E-state index in [1.54, 1.807) is 34.6 Å². The van der Waals surface area contributed by atoms with Crippen LogP contribution in [-0.2, 0) is 0 Å². The number of anilines is 1. The zero-order valence-electron chi connectivity index (χ0n) is 11.8. The van der Waals surface area contributed by atoms with Gasteiger partial charge in [-0.05, 0) is 18.2 Å². The van der Waals surface area contributed by atoms with Crippen LogP contribution in [-0.4, -0.2) is 53.0 Å². The van der Waals surface area contributed by atoms with Gasteiger partial charge in [-0.25, -0.2) is 9.78 Å². The maximum atomic E-state index is 12.5. The Bertz CT molecular complexity index is 679. The van der Waals surface area contributed by atoms with Gasteiger partial charge >= 0.3 is 5.97 Å². The highest BCUT2D eigenvalue weighted by molar-refractivity contribution is 7.13. The summed E-state index contributed by atoms with van der Waals surface area (Å²) < 4.78 is 0. The van der Waals surface area contributed by atoms with Crippen LogP contribution < -0.4 is 4.90 Å². The number of aromatic carboxylic acids is 1. The molecule has 1 fully saturated rings. The number of hydrogen-bond acceptors (Lipinski definition) is 5. The SMILES string of the molecule is O=C(O)c1cccc(C(=O)N2CCN(c3nccs3)CC2)c1. The molecule has 2 heterocycles. The first-order valence-electron chi connectivity index (χ1n) is 6.92. The van der Waals surface area contributed by atoms with Gasteiger partial charge < -0.3 is 14.9 Å². The van der Waals surface area contributed by atoms with E-state index >= 15 is 0 Å². The smallest absolute Gasteiger partial charge is 0.335 e. The summed E-state index contributed by atoms with van der Waals surface area (Å²) in [7, 11) is 0. The van der Waals surface area contributed by atoms with Gasteiger partial charge in [0.25, 0.3) is 5.91 Å². The average Bonchev–Trinajstić information content (AvgIpc) is 3.09. The predicted octanol–water partition coefficient (Wildman–Crippen LogP) is 1.80. The van der Waals surface area contributed by atoms with Gasteiger partial charge in [-0.3, -0.25) is 4.79 Å². The third-order valence-corrected chi connectivity index (χ3v) is 4.45. The third kappa shape index (κ3) is 2.94. The molecular weight excluding hydrogens is 302 g/mol. The van der Waals surface area contributed by atoms with Gasteiger partial charge in [0.15, 0.2) is 5.13 Å². The summed E-state index contributed by atoms with van der Waals surface area (Å²) in [5.74, 6) is -1.15. The van der Waals surface area contributed by atoms with E-state index in [9.17, 15) is 9.59 Å². The first-order valence-corrected chi connectivity index (χ1v) is 7.80. The highest BCUT2D eigenvalue weighted by Crippen LogP contribution is 2.19. The number of benzene rings is 1. The average molecular weight is 317 g/mol. The van der Waals surface area contributed by atoms with E-state index in [0.717, 1.165) is 18.2 Å². The number of rotatable bonds is 3. The van der Waals surface area contributed by atoms with Gasteiger partial charge in [-0.15, -0.1) is 11.3 Å². The number of nitrogens with zero attached hydrogens (tertiary/aromatic N) is 3. The van der Waals surface area contributed by atoms with Crippen LogP contribution >= 0.6 is 11.3 Å². The van der Waals surface area contributed by atoms with Crippen LogP contribution in [0, 0.1) is 0 Å². The minimum absolute atomic E-state index is 0.123. The second kappa shape index (κ2) is 6.15. The molecule has 0 spiro atoms. The van der Waals surface area contributed by atoms with Crippen molar-refractivity contribution in [3.8, 4) is 0 Å². The minimum atomic E-state index is -1.02. The predicted molar refractivity (Wildman–Crippen MR) is 83.6 cm³/mol. The lowest BCUT2D eigenvalue weighted by Crippen LogP contribution is -2.48. The number of carbonyl (C=O) groups excluding carboxylic acids is 1. The minimum Gasteiger partial charge on any atom is -0.478 e. The molecule has 1 amide bonds. The molecule has 1 saturated heterocycles. The van der Waals surface area contributed by atoms with Crippen molar-refractivity contribution in [2.75, 3.05) is 31.1 Å². The Kier molecular flexibility index (Phi) is 4.06. The van der Waals surface area contributed by atoms with E-state index < -0.39 is 5.97 Å². The number of amides is 1. The molecule has 0 unspecified atom stereocenters. The van der Waals surface area contributed by atoms with Crippen molar-refractivity contribution < 1.29 is 14.7 Å². The van der Waals surface area contributed by atoms with Gasteiger partial charge in [0.05, 0.1) is 5.56 Å². The summed E-state index contributed by atoms with van der Waals surface area (Å²) in [6, 6.07) is 6.17. The summed E-state index contributed by atoms with van der Waals surface area (Å²) in [5.41, 5.74) is 0.551. The van der Waals surface area contributed by atoms with Crippen molar-refractivity contribution in [3.63, 3.8) is 0 Å². The van der Waals surface area contributed by atoms with Gasteiger partial charge in [0.2, 0.25) is 0 Å². The standard InChI is InChI=1S/C15H15N3O3S/c19-13(11-2-1-3-12(10-11)14(20)21)17-5-7-18(8-6-17)15-16-4-9-22-15/h1-4,9-10H,5-8H2,(H,20,21). The fourth-order valence-corrected chi connectivity index (χ4v) is 3.14. The largest absolute Gasteiger partial charge is 0.478 e. The summed E-state index contributed by atoms with van der Waals surface area (Å²) >= 11 is 1.59. The van der Waals surface area contributed by atoms with E-state index in [0.29, 0.717) is 18.7 Å². The Labute approximate surface area is 131 Å². The Morgan fingerprint density at radius 3 is 2.50 bits per heavy atom. The topological polar surface area (TPSA) is 73.7 Å². The molecule has 1 N–H and O–H groups in total. The fourth-order valence-electron chi connectivity index (χ4n) is 2.44. The van der Waals surface area contributed by atoms with Crippen molar-refractivity contribution in [2.24, 2.45) is 0 Å². The highest BCUT2D eigenvalue weighted by atomic mass is 32.1. The van der Waals surface area contributed by atoms with E-state index in [-0.39, 0.29) is 11.5 Å². The van der Waals surface area contributed by atoms with E-state index in [4.69, 9.17) is 5.11 Å². The van der Waals surface area contributed by atoms with E-state index in [1.807, 2.05) is 5.38 Å². The Morgan fingerprint density at radius 2 is 1.86 bits per heavy atom. The normalized spacial score (nSPS) is 14.9. The van der Waals surface area contributed by atoms with Crippen molar-refractivity contribution in [1.82, 2.24) is 9.88 Å². The molecule has 6 nitrogen and oxygen atoms in total. The van der Waals surface area contributed by atoms with Crippen LogP contribution in [0.4, 0.5) is 5.13 Å². The monoisotopic (exact) mass is 317 g/mol.